The van der Waals surface area contributed by atoms with E-state index in [0.717, 1.165) is 5.56 Å². The van der Waals surface area contributed by atoms with Crippen LogP contribution in [0.3, 0.4) is 0 Å². The first kappa shape index (κ1) is 14.1. The number of phenols is 1. The standard InChI is InChI=1S/C16H16FNO2/c1-10-8-13(6-7-15(10)17)16(20)18-11(2)12-4-3-5-14(19)9-12/h3-9,11,19H,1-2H3,(H,18,20). The van der Waals surface area contributed by atoms with Gasteiger partial charge in [0.25, 0.3) is 5.91 Å². The molecule has 104 valence electrons. The van der Waals surface area contributed by atoms with Crippen molar-refractivity contribution in [2.45, 2.75) is 19.9 Å². The molecule has 2 aromatic rings. The molecule has 0 aromatic heterocycles. The molecule has 0 saturated heterocycles. The van der Waals surface area contributed by atoms with E-state index in [-0.39, 0.29) is 23.5 Å². The molecule has 1 atom stereocenters. The van der Waals surface area contributed by atoms with Crippen LogP contribution in [0.25, 0.3) is 0 Å². The highest BCUT2D eigenvalue weighted by Crippen LogP contribution is 2.18. The number of nitrogens with one attached hydrogen (secondary N) is 1. The molecular weight excluding hydrogens is 257 g/mol. The molecule has 20 heavy (non-hydrogen) atoms. The number of halogens is 1. The highest BCUT2D eigenvalue weighted by atomic mass is 19.1. The lowest BCUT2D eigenvalue weighted by Crippen LogP contribution is -2.26. The van der Waals surface area contributed by atoms with Crippen molar-refractivity contribution in [3.63, 3.8) is 0 Å². The van der Waals surface area contributed by atoms with Crippen LogP contribution in [-0.4, -0.2) is 11.0 Å². The zero-order valence-electron chi connectivity index (χ0n) is 11.4. The fraction of sp³-hybridized carbons (Fsp3) is 0.188. The van der Waals surface area contributed by atoms with E-state index in [1.807, 2.05) is 13.0 Å². The second-order valence-corrected chi connectivity index (χ2v) is 4.75. The zero-order chi connectivity index (χ0) is 14.7. The minimum atomic E-state index is -0.331. The van der Waals surface area contributed by atoms with Crippen LogP contribution < -0.4 is 5.32 Å². The average Bonchev–Trinajstić information content (AvgIpc) is 2.41. The highest BCUT2D eigenvalue weighted by Gasteiger charge is 2.12. The molecule has 0 radical (unpaired) electrons. The Bertz CT molecular complexity index is 640. The molecule has 0 fully saturated rings. The first-order chi connectivity index (χ1) is 9.47. The number of rotatable bonds is 3. The maximum absolute atomic E-state index is 13.2. The molecule has 0 heterocycles. The average molecular weight is 273 g/mol. The minimum Gasteiger partial charge on any atom is -0.508 e. The van der Waals surface area contributed by atoms with Crippen molar-refractivity contribution in [3.8, 4) is 5.75 Å². The minimum absolute atomic E-state index is 0.154. The molecule has 4 heteroatoms. The number of aryl methyl sites for hydroxylation is 1. The monoisotopic (exact) mass is 273 g/mol. The van der Waals surface area contributed by atoms with Crippen LogP contribution in [0.4, 0.5) is 4.39 Å². The first-order valence-electron chi connectivity index (χ1n) is 6.33. The van der Waals surface area contributed by atoms with Gasteiger partial charge in [0.05, 0.1) is 6.04 Å². The van der Waals surface area contributed by atoms with E-state index in [9.17, 15) is 14.3 Å². The molecule has 2 rings (SSSR count). The van der Waals surface area contributed by atoms with Crippen LogP contribution in [-0.2, 0) is 0 Å². The lowest BCUT2D eigenvalue weighted by atomic mass is 10.1. The Labute approximate surface area is 117 Å². The summed E-state index contributed by atoms with van der Waals surface area (Å²) in [7, 11) is 0. The van der Waals surface area contributed by atoms with Crippen LogP contribution in [0, 0.1) is 12.7 Å². The summed E-state index contributed by atoms with van der Waals surface area (Å²) in [5, 5.41) is 12.2. The van der Waals surface area contributed by atoms with E-state index in [1.165, 1.54) is 18.2 Å². The lowest BCUT2D eigenvalue weighted by Gasteiger charge is -2.15. The van der Waals surface area contributed by atoms with Crippen LogP contribution in [0.2, 0.25) is 0 Å². The Balaban J connectivity index is 2.13. The number of phenolic OH excluding ortho intramolecular Hbond substituents is 1. The lowest BCUT2D eigenvalue weighted by molar-refractivity contribution is 0.0939. The third-order valence-corrected chi connectivity index (χ3v) is 3.14. The van der Waals surface area contributed by atoms with Crippen molar-refractivity contribution in [2.24, 2.45) is 0 Å². The van der Waals surface area contributed by atoms with Gasteiger partial charge in [-0.05, 0) is 55.3 Å². The van der Waals surface area contributed by atoms with Crippen molar-refractivity contribution in [2.75, 3.05) is 0 Å². The summed E-state index contributed by atoms with van der Waals surface area (Å²) in [6.07, 6.45) is 0. The zero-order valence-corrected chi connectivity index (χ0v) is 11.4. The third kappa shape index (κ3) is 3.15. The van der Waals surface area contributed by atoms with E-state index in [2.05, 4.69) is 5.32 Å². The Morgan fingerprint density at radius 2 is 2.00 bits per heavy atom. The van der Waals surface area contributed by atoms with E-state index in [4.69, 9.17) is 0 Å². The van der Waals surface area contributed by atoms with Crippen molar-refractivity contribution in [1.29, 1.82) is 0 Å². The quantitative estimate of drug-likeness (QED) is 0.901. The predicted molar refractivity (Wildman–Crippen MR) is 75.1 cm³/mol. The molecule has 1 unspecified atom stereocenters. The number of hydrogen-bond donors (Lipinski definition) is 2. The summed E-state index contributed by atoms with van der Waals surface area (Å²) in [5.41, 5.74) is 1.65. The van der Waals surface area contributed by atoms with Gasteiger partial charge in [-0.3, -0.25) is 4.79 Å². The van der Waals surface area contributed by atoms with Crippen molar-refractivity contribution in [1.82, 2.24) is 5.32 Å². The third-order valence-electron chi connectivity index (χ3n) is 3.14. The van der Waals surface area contributed by atoms with Gasteiger partial charge in [-0.25, -0.2) is 4.39 Å². The van der Waals surface area contributed by atoms with Gasteiger partial charge in [0.2, 0.25) is 0 Å². The van der Waals surface area contributed by atoms with Gasteiger partial charge in [0.1, 0.15) is 11.6 Å². The van der Waals surface area contributed by atoms with Crippen LogP contribution in [0.1, 0.15) is 34.5 Å². The van der Waals surface area contributed by atoms with Crippen LogP contribution >= 0.6 is 0 Å². The normalized spacial score (nSPS) is 11.9. The second-order valence-electron chi connectivity index (χ2n) is 4.75. The van der Waals surface area contributed by atoms with Gasteiger partial charge >= 0.3 is 0 Å². The highest BCUT2D eigenvalue weighted by molar-refractivity contribution is 5.94. The maximum Gasteiger partial charge on any atom is 0.251 e. The Morgan fingerprint density at radius 1 is 1.25 bits per heavy atom. The molecule has 2 N–H and O–H groups in total. The van der Waals surface area contributed by atoms with Gasteiger partial charge in [0.15, 0.2) is 0 Å². The SMILES string of the molecule is Cc1cc(C(=O)NC(C)c2cccc(O)c2)ccc1F. The Hall–Kier alpha value is -2.36. The fourth-order valence-corrected chi connectivity index (χ4v) is 1.94. The number of benzene rings is 2. The van der Waals surface area contributed by atoms with Crippen LogP contribution in [0.15, 0.2) is 42.5 Å². The molecule has 0 saturated carbocycles. The van der Waals surface area contributed by atoms with Crippen LogP contribution in [0.5, 0.6) is 5.75 Å². The summed E-state index contributed by atoms with van der Waals surface area (Å²) in [4.78, 5) is 12.1. The topological polar surface area (TPSA) is 49.3 Å². The van der Waals surface area contributed by atoms with Gasteiger partial charge in [-0.1, -0.05) is 12.1 Å². The fourth-order valence-electron chi connectivity index (χ4n) is 1.94. The van der Waals surface area contributed by atoms with Gasteiger partial charge < -0.3 is 10.4 Å². The largest absolute Gasteiger partial charge is 0.508 e. The number of carbonyl (C=O) groups excluding carboxylic acids is 1. The van der Waals surface area contributed by atoms with Gasteiger partial charge in [-0.2, -0.15) is 0 Å². The molecule has 0 bridgehead atoms. The molecule has 2 aromatic carbocycles. The van der Waals surface area contributed by atoms with Crippen molar-refractivity contribution >= 4 is 5.91 Å². The number of amides is 1. The smallest absolute Gasteiger partial charge is 0.251 e. The molecule has 1 amide bonds. The van der Waals surface area contributed by atoms with E-state index < -0.39 is 0 Å². The second kappa shape index (κ2) is 5.74. The molecule has 0 aliphatic heterocycles. The van der Waals surface area contributed by atoms with Gasteiger partial charge in [-0.15, -0.1) is 0 Å². The summed E-state index contributed by atoms with van der Waals surface area (Å²) < 4.78 is 13.2. The van der Waals surface area contributed by atoms with Crippen molar-refractivity contribution < 1.29 is 14.3 Å². The number of aromatic hydroxyl groups is 1. The van der Waals surface area contributed by atoms with Gasteiger partial charge in [0, 0.05) is 5.56 Å². The summed E-state index contributed by atoms with van der Waals surface area (Å²) in [6, 6.07) is 10.7. The molecule has 0 aliphatic carbocycles. The molecule has 3 nitrogen and oxygen atoms in total. The summed E-state index contributed by atoms with van der Waals surface area (Å²) >= 11 is 0. The first-order valence-corrected chi connectivity index (χ1v) is 6.33. The Kier molecular flexibility index (Phi) is 4.03. The predicted octanol–water partition coefficient (Wildman–Crippen LogP) is 3.33. The van der Waals surface area contributed by atoms with E-state index in [1.54, 1.807) is 25.1 Å². The molecule has 0 aliphatic rings. The Morgan fingerprint density at radius 3 is 2.65 bits per heavy atom. The van der Waals surface area contributed by atoms with E-state index >= 15 is 0 Å². The summed E-state index contributed by atoms with van der Waals surface area (Å²) in [6.45, 7) is 3.44. The molecule has 0 spiro atoms. The number of carbonyl (C=O) groups is 1. The molecular formula is C16H16FNO2. The number of hydrogen-bond acceptors (Lipinski definition) is 2. The van der Waals surface area contributed by atoms with E-state index in [0.29, 0.717) is 11.1 Å². The van der Waals surface area contributed by atoms with Crippen molar-refractivity contribution in [3.05, 3.63) is 65.0 Å². The maximum atomic E-state index is 13.2. The summed E-state index contributed by atoms with van der Waals surface area (Å²) in [5.74, 6) is -0.451.